The molecule has 1 saturated heterocycles. The third-order valence-electron chi connectivity index (χ3n) is 4.37. The standard InChI is InChI=1S/C21H13Cl2NO6/c22-13-6-9-18(16(23)10-13)28-14-7-8-17(24(26)27)15(11-14)19-20(25)30-21(29-19)12-4-2-1-3-5-12/h1-11,19,21H. The summed E-state index contributed by atoms with van der Waals surface area (Å²) in [5, 5.41) is 12.2. The summed E-state index contributed by atoms with van der Waals surface area (Å²) in [5.74, 6) is -0.189. The molecule has 3 aromatic rings. The van der Waals surface area contributed by atoms with Crippen LogP contribution in [0.15, 0.2) is 66.7 Å². The van der Waals surface area contributed by atoms with Crippen LogP contribution in [0.3, 0.4) is 0 Å². The molecule has 30 heavy (non-hydrogen) atoms. The minimum Gasteiger partial charge on any atom is -0.456 e. The van der Waals surface area contributed by atoms with E-state index >= 15 is 0 Å². The lowest BCUT2D eigenvalue weighted by Gasteiger charge is -2.12. The normalized spacial score (nSPS) is 18.1. The second-order valence-electron chi connectivity index (χ2n) is 6.35. The van der Waals surface area contributed by atoms with Crippen molar-refractivity contribution in [3.8, 4) is 11.5 Å². The third-order valence-corrected chi connectivity index (χ3v) is 4.90. The molecule has 3 aromatic carbocycles. The van der Waals surface area contributed by atoms with Crippen molar-refractivity contribution in [2.24, 2.45) is 0 Å². The van der Waals surface area contributed by atoms with Crippen LogP contribution < -0.4 is 4.74 Å². The van der Waals surface area contributed by atoms with E-state index in [2.05, 4.69) is 0 Å². The van der Waals surface area contributed by atoms with Gasteiger partial charge in [0.1, 0.15) is 11.5 Å². The molecule has 2 unspecified atom stereocenters. The number of nitrogens with zero attached hydrogens (tertiary/aromatic N) is 1. The number of benzene rings is 3. The molecule has 152 valence electrons. The van der Waals surface area contributed by atoms with Crippen molar-refractivity contribution in [3.63, 3.8) is 0 Å². The number of rotatable bonds is 5. The van der Waals surface area contributed by atoms with E-state index in [0.717, 1.165) is 0 Å². The molecule has 0 amide bonds. The van der Waals surface area contributed by atoms with Gasteiger partial charge in [0.2, 0.25) is 6.29 Å². The molecule has 7 nitrogen and oxygen atoms in total. The molecule has 1 aliphatic rings. The summed E-state index contributed by atoms with van der Waals surface area (Å²) < 4.78 is 16.7. The van der Waals surface area contributed by atoms with Crippen LogP contribution in [-0.2, 0) is 14.3 Å². The molecule has 0 saturated carbocycles. The maximum Gasteiger partial charge on any atom is 0.342 e. The van der Waals surface area contributed by atoms with E-state index < -0.39 is 23.3 Å². The van der Waals surface area contributed by atoms with Crippen molar-refractivity contribution in [1.82, 2.24) is 0 Å². The molecule has 0 radical (unpaired) electrons. The molecule has 4 rings (SSSR count). The van der Waals surface area contributed by atoms with Crippen molar-refractivity contribution < 1.29 is 23.9 Å². The minimum atomic E-state index is -1.28. The minimum absolute atomic E-state index is 0.0195. The van der Waals surface area contributed by atoms with Crippen molar-refractivity contribution in [2.75, 3.05) is 0 Å². The Balaban J connectivity index is 1.67. The van der Waals surface area contributed by atoms with E-state index in [1.807, 2.05) is 6.07 Å². The van der Waals surface area contributed by atoms with Gasteiger partial charge < -0.3 is 14.2 Å². The molecule has 0 bridgehead atoms. The van der Waals surface area contributed by atoms with Crippen molar-refractivity contribution in [3.05, 3.63) is 98.0 Å². The second kappa shape index (κ2) is 8.31. The summed E-state index contributed by atoms with van der Waals surface area (Å²) >= 11 is 12.0. The molecule has 9 heteroatoms. The number of ether oxygens (including phenoxy) is 3. The lowest BCUT2D eigenvalue weighted by atomic mass is 10.1. The highest BCUT2D eigenvalue weighted by Gasteiger charge is 2.41. The zero-order valence-electron chi connectivity index (χ0n) is 15.2. The maximum atomic E-state index is 12.4. The van der Waals surface area contributed by atoms with E-state index in [9.17, 15) is 14.9 Å². The van der Waals surface area contributed by atoms with Crippen LogP contribution in [0.2, 0.25) is 10.0 Å². The highest BCUT2D eigenvalue weighted by molar-refractivity contribution is 6.35. The van der Waals surface area contributed by atoms with Crippen LogP contribution in [0.4, 0.5) is 5.69 Å². The van der Waals surface area contributed by atoms with E-state index in [-0.39, 0.29) is 22.0 Å². The lowest BCUT2D eigenvalue weighted by molar-refractivity contribution is -0.386. The fraction of sp³-hybridized carbons (Fsp3) is 0.0952. The van der Waals surface area contributed by atoms with Crippen molar-refractivity contribution in [1.29, 1.82) is 0 Å². The molecule has 1 fully saturated rings. The van der Waals surface area contributed by atoms with Gasteiger partial charge in [0.25, 0.3) is 5.69 Å². The highest BCUT2D eigenvalue weighted by Crippen LogP contribution is 2.41. The Morgan fingerprint density at radius 3 is 2.47 bits per heavy atom. The Hall–Kier alpha value is -3.13. The maximum absolute atomic E-state index is 12.4. The Bertz CT molecular complexity index is 1120. The molecular weight excluding hydrogens is 433 g/mol. The van der Waals surface area contributed by atoms with Gasteiger partial charge in [-0.1, -0.05) is 53.5 Å². The van der Waals surface area contributed by atoms with Gasteiger partial charge in [0.05, 0.1) is 15.5 Å². The van der Waals surface area contributed by atoms with Gasteiger partial charge in [-0.2, -0.15) is 0 Å². The van der Waals surface area contributed by atoms with Crippen LogP contribution in [0.25, 0.3) is 0 Å². The average molecular weight is 446 g/mol. The molecule has 0 aliphatic carbocycles. The number of esters is 1. The first kappa shape index (κ1) is 20.2. The van der Waals surface area contributed by atoms with Crippen molar-refractivity contribution in [2.45, 2.75) is 12.4 Å². The second-order valence-corrected chi connectivity index (χ2v) is 7.19. The predicted octanol–water partition coefficient (Wildman–Crippen LogP) is 6.01. The van der Waals surface area contributed by atoms with E-state index in [1.165, 1.54) is 24.3 Å². The number of carbonyl (C=O) groups excluding carboxylic acids is 1. The van der Waals surface area contributed by atoms with E-state index in [1.54, 1.807) is 36.4 Å². The Labute approximate surface area is 180 Å². The van der Waals surface area contributed by atoms with Gasteiger partial charge in [-0.05, 0) is 30.3 Å². The Kier molecular flexibility index (Phi) is 5.59. The SMILES string of the molecule is O=C1OC(c2ccccc2)OC1c1cc(Oc2ccc(Cl)cc2Cl)ccc1[N+](=O)[O-]. The first-order valence-corrected chi connectivity index (χ1v) is 9.50. The smallest absolute Gasteiger partial charge is 0.342 e. The Morgan fingerprint density at radius 1 is 1.00 bits per heavy atom. The van der Waals surface area contributed by atoms with Gasteiger partial charge in [-0.15, -0.1) is 0 Å². The Morgan fingerprint density at radius 2 is 1.77 bits per heavy atom. The summed E-state index contributed by atoms with van der Waals surface area (Å²) in [7, 11) is 0. The fourth-order valence-electron chi connectivity index (χ4n) is 2.99. The molecule has 0 aromatic heterocycles. The van der Waals surface area contributed by atoms with Gasteiger partial charge in [-0.25, -0.2) is 4.79 Å². The van der Waals surface area contributed by atoms with E-state index in [0.29, 0.717) is 16.3 Å². The van der Waals surface area contributed by atoms with E-state index in [4.69, 9.17) is 37.4 Å². The van der Waals surface area contributed by atoms with Crippen LogP contribution in [0.5, 0.6) is 11.5 Å². The number of nitro groups is 1. The number of carbonyl (C=O) groups is 1. The third kappa shape index (κ3) is 4.09. The van der Waals surface area contributed by atoms with Gasteiger partial charge in [-0.3, -0.25) is 10.1 Å². The number of hydrogen-bond donors (Lipinski definition) is 0. The lowest BCUT2D eigenvalue weighted by Crippen LogP contribution is -2.09. The number of cyclic esters (lactones) is 1. The predicted molar refractivity (Wildman–Crippen MR) is 109 cm³/mol. The molecule has 1 heterocycles. The number of hydrogen-bond acceptors (Lipinski definition) is 6. The van der Waals surface area contributed by atoms with Gasteiger partial charge >= 0.3 is 5.97 Å². The molecule has 0 spiro atoms. The van der Waals surface area contributed by atoms with Crippen LogP contribution in [0.1, 0.15) is 23.5 Å². The largest absolute Gasteiger partial charge is 0.456 e. The van der Waals surface area contributed by atoms with Crippen LogP contribution in [0, 0.1) is 10.1 Å². The van der Waals surface area contributed by atoms with Gasteiger partial charge in [0, 0.05) is 16.7 Å². The monoisotopic (exact) mass is 445 g/mol. The zero-order chi connectivity index (χ0) is 21.3. The summed E-state index contributed by atoms with van der Waals surface area (Å²) in [4.78, 5) is 23.4. The summed E-state index contributed by atoms with van der Waals surface area (Å²) in [5.41, 5.74) is 0.350. The molecular formula is C21H13Cl2NO6. The van der Waals surface area contributed by atoms with Crippen molar-refractivity contribution >= 4 is 34.9 Å². The average Bonchev–Trinajstić information content (AvgIpc) is 3.12. The summed E-state index contributed by atoms with van der Waals surface area (Å²) in [6.07, 6.45) is -2.24. The first-order valence-electron chi connectivity index (χ1n) is 8.74. The molecule has 1 aliphatic heterocycles. The fourth-order valence-corrected chi connectivity index (χ4v) is 3.44. The number of nitro benzene ring substituents is 1. The molecule has 2 atom stereocenters. The number of halogens is 2. The first-order chi connectivity index (χ1) is 14.4. The topological polar surface area (TPSA) is 87.9 Å². The van der Waals surface area contributed by atoms with Crippen LogP contribution in [-0.4, -0.2) is 10.9 Å². The highest BCUT2D eigenvalue weighted by atomic mass is 35.5. The molecule has 0 N–H and O–H groups in total. The quantitative estimate of drug-likeness (QED) is 0.271. The summed E-state index contributed by atoms with van der Waals surface area (Å²) in [6.45, 7) is 0. The van der Waals surface area contributed by atoms with Gasteiger partial charge in [0.15, 0.2) is 6.10 Å². The zero-order valence-corrected chi connectivity index (χ0v) is 16.7. The van der Waals surface area contributed by atoms with Crippen LogP contribution >= 0.6 is 23.2 Å². The summed E-state index contributed by atoms with van der Waals surface area (Å²) in [6, 6.07) is 17.5.